The number of carbonyl (C=O) groups is 2. The van der Waals surface area contributed by atoms with Gasteiger partial charge in [0, 0.05) is 5.69 Å². The molecule has 5 nitrogen and oxygen atoms in total. The van der Waals surface area contributed by atoms with Crippen molar-refractivity contribution in [3.05, 3.63) is 58.1 Å². The summed E-state index contributed by atoms with van der Waals surface area (Å²) in [5, 5.41) is 2.64. The zero-order valence-electron chi connectivity index (χ0n) is 13.1. The Balaban J connectivity index is 2.17. The molecule has 3 amide bonds. The average molecular weight is 383 g/mol. The Morgan fingerprint density at radius 2 is 1.80 bits per heavy atom. The van der Waals surface area contributed by atoms with Gasteiger partial charge >= 0.3 is 6.03 Å². The zero-order chi connectivity index (χ0) is 18.2. The molecule has 1 heterocycles. The molecule has 0 aliphatic carbocycles. The summed E-state index contributed by atoms with van der Waals surface area (Å²) in [7, 11) is 1.49. The van der Waals surface area contributed by atoms with Crippen LogP contribution in [-0.2, 0) is 10.3 Å². The number of hydrogen-bond acceptors (Lipinski definition) is 3. The van der Waals surface area contributed by atoms with Crippen LogP contribution in [0.1, 0.15) is 5.56 Å². The Kier molecular flexibility index (Phi) is 4.58. The number of urea groups is 1. The normalized spacial score (nSPS) is 19.9. The Morgan fingerprint density at radius 3 is 2.36 bits per heavy atom. The van der Waals surface area contributed by atoms with E-state index in [1.54, 1.807) is 24.3 Å². The number of nitrogens with one attached hydrogen (secondary N) is 1. The van der Waals surface area contributed by atoms with Crippen LogP contribution in [0, 0.1) is 0 Å². The molecule has 0 radical (unpaired) electrons. The van der Waals surface area contributed by atoms with Crippen LogP contribution in [0.3, 0.4) is 0 Å². The minimum Gasteiger partial charge on any atom is -0.497 e. The third-order valence-corrected chi connectivity index (χ3v) is 4.84. The minimum atomic E-state index is -1.83. The third kappa shape index (κ3) is 2.71. The van der Waals surface area contributed by atoms with E-state index in [0.29, 0.717) is 11.3 Å². The summed E-state index contributed by atoms with van der Waals surface area (Å²) in [6, 6.07) is 9.92. The predicted molar refractivity (Wildman–Crippen MR) is 93.1 cm³/mol. The average Bonchev–Trinajstić information content (AvgIpc) is 2.88. The van der Waals surface area contributed by atoms with Crippen LogP contribution in [0.4, 0.5) is 14.9 Å². The highest BCUT2D eigenvalue weighted by molar-refractivity contribution is 6.42. The van der Waals surface area contributed by atoms with Crippen LogP contribution in [0.2, 0.25) is 10.0 Å². The quantitative estimate of drug-likeness (QED) is 0.815. The maximum absolute atomic E-state index is 14.2. The fourth-order valence-electron chi connectivity index (χ4n) is 2.82. The summed E-state index contributed by atoms with van der Waals surface area (Å²) in [5.74, 6) is -0.209. The van der Waals surface area contributed by atoms with Gasteiger partial charge in [0.05, 0.1) is 17.2 Å². The Labute approximate surface area is 153 Å². The molecule has 0 saturated carbocycles. The van der Waals surface area contributed by atoms with E-state index in [0.717, 1.165) is 4.90 Å². The fourth-order valence-corrected chi connectivity index (χ4v) is 3.11. The van der Waals surface area contributed by atoms with Gasteiger partial charge < -0.3 is 4.74 Å². The maximum Gasteiger partial charge on any atom is 0.329 e. The Bertz CT molecular complexity index is 844. The number of carbonyl (C=O) groups excluding carboxylic acids is 2. The lowest BCUT2D eigenvalue weighted by Crippen LogP contribution is -2.49. The van der Waals surface area contributed by atoms with Crippen LogP contribution in [0.25, 0.3) is 0 Å². The molecule has 0 spiro atoms. The molecule has 1 atom stereocenters. The molecule has 3 rings (SSSR count). The van der Waals surface area contributed by atoms with Crippen molar-refractivity contribution in [3.63, 3.8) is 0 Å². The van der Waals surface area contributed by atoms with E-state index in [9.17, 15) is 14.0 Å². The molecule has 8 heteroatoms. The van der Waals surface area contributed by atoms with E-state index in [4.69, 9.17) is 27.9 Å². The molecule has 1 unspecified atom stereocenters. The second-order valence-corrected chi connectivity index (χ2v) is 6.23. The van der Waals surface area contributed by atoms with Crippen molar-refractivity contribution < 1.29 is 18.7 Å². The van der Waals surface area contributed by atoms with Crippen LogP contribution >= 0.6 is 23.2 Å². The van der Waals surface area contributed by atoms with Crippen LogP contribution in [0.5, 0.6) is 5.75 Å². The first-order chi connectivity index (χ1) is 11.9. The molecule has 1 fully saturated rings. The number of alkyl halides is 1. The lowest BCUT2D eigenvalue weighted by molar-refractivity contribution is -0.124. The second-order valence-electron chi connectivity index (χ2n) is 5.42. The first-order valence-corrected chi connectivity index (χ1v) is 8.01. The lowest BCUT2D eigenvalue weighted by Gasteiger charge is -2.33. The standard InChI is InChI=1S/C17H13Cl2FN2O3/c1-25-12-5-2-10(3-6-12)17(9-20)15(23)21-16(24)22(17)11-4-7-13(18)14(19)8-11/h2-8H,9H2,1H3,(H,21,23,24). The van der Waals surface area contributed by atoms with E-state index in [1.807, 2.05) is 0 Å². The van der Waals surface area contributed by atoms with Gasteiger partial charge in [-0.25, -0.2) is 9.18 Å². The van der Waals surface area contributed by atoms with Gasteiger partial charge in [-0.05, 0) is 35.9 Å². The molecule has 25 heavy (non-hydrogen) atoms. The summed E-state index contributed by atoms with van der Waals surface area (Å²) in [5.41, 5.74) is -1.27. The van der Waals surface area contributed by atoms with Crippen molar-refractivity contribution in [1.29, 1.82) is 0 Å². The van der Waals surface area contributed by atoms with Gasteiger partial charge in [-0.2, -0.15) is 0 Å². The molecule has 130 valence electrons. The molecule has 0 bridgehead atoms. The number of benzene rings is 2. The monoisotopic (exact) mass is 382 g/mol. The van der Waals surface area contributed by atoms with Crippen molar-refractivity contribution in [1.82, 2.24) is 5.32 Å². The van der Waals surface area contributed by atoms with E-state index >= 15 is 0 Å². The zero-order valence-corrected chi connectivity index (χ0v) is 14.6. The Hall–Kier alpha value is -2.31. The van der Waals surface area contributed by atoms with Crippen molar-refractivity contribution in [2.24, 2.45) is 0 Å². The molecule has 1 aliphatic rings. The number of halogens is 3. The fraction of sp³-hybridized carbons (Fsp3) is 0.176. The van der Waals surface area contributed by atoms with Crippen LogP contribution in [-0.4, -0.2) is 25.7 Å². The number of imide groups is 1. The van der Waals surface area contributed by atoms with Gasteiger partial charge in [-0.15, -0.1) is 0 Å². The number of ether oxygens (including phenoxy) is 1. The van der Waals surface area contributed by atoms with Crippen LogP contribution in [0.15, 0.2) is 42.5 Å². The van der Waals surface area contributed by atoms with Crippen molar-refractivity contribution in [2.45, 2.75) is 5.54 Å². The summed E-state index contributed by atoms with van der Waals surface area (Å²) in [6.07, 6.45) is 0. The van der Waals surface area contributed by atoms with E-state index < -0.39 is 24.2 Å². The molecule has 1 saturated heterocycles. The second kappa shape index (κ2) is 6.54. The van der Waals surface area contributed by atoms with E-state index in [1.165, 1.54) is 25.3 Å². The van der Waals surface area contributed by atoms with Crippen molar-refractivity contribution in [2.75, 3.05) is 18.7 Å². The summed E-state index contributed by atoms with van der Waals surface area (Å²) >= 11 is 11.9. The molecule has 2 aromatic carbocycles. The summed E-state index contributed by atoms with van der Waals surface area (Å²) < 4.78 is 19.3. The van der Waals surface area contributed by atoms with Crippen molar-refractivity contribution in [3.8, 4) is 5.75 Å². The number of hydrogen-bond donors (Lipinski definition) is 1. The van der Waals surface area contributed by atoms with Gasteiger partial charge in [-0.3, -0.25) is 15.0 Å². The number of amides is 3. The molecule has 1 aliphatic heterocycles. The van der Waals surface area contributed by atoms with Gasteiger partial charge in [0.15, 0.2) is 5.54 Å². The van der Waals surface area contributed by atoms with E-state index in [2.05, 4.69) is 5.32 Å². The van der Waals surface area contributed by atoms with Crippen molar-refractivity contribution >= 4 is 40.8 Å². The van der Waals surface area contributed by atoms with Gasteiger partial charge in [0.1, 0.15) is 12.4 Å². The first kappa shape index (κ1) is 17.5. The molecule has 1 N–H and O–H groups in total. The highest BCUT2D eigenvalue weighted by atomic mass is 35.5. The third-order valence-electron chi connectivity index (χ3n) is 4.10. The SMILES string of the molecule is COc1ccc(C2(CF)C(=O)NC(=O)N2c2ccc(Cl)c(Cl)c2)cc1. The first-order valence-electron chi connectivity index (χ1n) is 7.25. The number of rotatable bonds is 4. The summed E-state index contributed by atoms with van der Waals surface area (Å²) in [4.78, 5) is 26.0. The topological polar surface area (TPSA) is 58.6 Å². The predicted octanol–water partition coefficient (Wildman–Crippen LogP) is 3.92. The van der Waals surface area contributed by atoms with Gasteiger partial charge in [0.2, 0.25) is 0 Å². The highest BCUT2D eigenvalue weighted by Gasteiger charge is 2.55. The minimum absolute atomic E-state index is 0.189. The molecule has 0 aromatic heterocycles. The van der Waals surface area contributed by atoms with Crippen LogP contribution < -0.4 is 15.0 Å². The van der Waals surface area contributed by atoms with Gasteiger partial charge in [0.25, 0.3) is 5.91 Å². The maximum atomic E-state index is 14.2. The highest BCUT2D eigenvalue weighted by Crippen LogP contribution is 2.40. The number of methoxy groups -OCH3 is 1. The van der Waals surface area contributed by atoms with Gasteiger partial charge in [-0.1, -0.05) is 35.3 Å². The molecular formula is C17H13Cl2FN2O3. The summed E-state index contributed by atoms with van der Waals surface area (Å²) in [6.45, 7) is -1.11. The molecular weight excluding hydrogens is 370 g/mol. The smallest absolute Gasteiger partial charge is 0.329 e. The number of anilines is 1. The largest absolute Gasteiger partial charge is 0.497 e. The Morgan fingerprint density at radius 1 is 1.12 bits per heavy atom. The molecule has 2 aromatic rings. The van der Waals surface area contributed by atoms with E-state index in [-0.39, 0.29) is 15.7 Å². The number of nitrogens with zero attached hydrogens (tertiary/aromatic N) is 1. The lowest BCUT2D eigenvalue weighted by atomic mass is 9.89.